The molecule has 0 nitrogen and oxygen atoms in total. The molecule has 0 saturated heterocycles. The van der Waals surface area contributed by atoms with Gasteiger partial charge in [0.15, 0.2) is 0 Å². The third-order valence-electron chi connectivity index (χ3n) is 5.44. The van der Waals surface area contributed by atoms with Crippen LogP contribution in [-0.4, -0.2) is 0 Å². The number of rotatable bonds is 0. The van der Waals surface area contributed by atoms with Crippen LogP contribution in [0, 0.1) is 509 Å². The summed E-state index contributed by atoms with van der Waals surface area (Å²) in [6, 6.07) is 0. The molecule has 0 saturated carbocycles. The maximum atomic E-state index is 2.63. The van der Waals surface area contributed by atoms with Crippen molar-refractivity contribution in [1.29, 1.82) is 0 Å². The van der Waals surface area contributed by atoms with Gasteiger partial charge in [-0.05, 0) is 109 Å². The predicted octanol–water partition coefficient (Wildman–Crippen LogP) is 1.17. The molecule has 0 radical (unpaired) electrons. The molecule has 0 aromatic rings. The fourth-order valence-corrected chi connectivity index (χ4v) is 2.69. The average molecular weight is 1060 g/mol. The molecule has 358 valence electrons. The second-order valence-electron chi connectivity index (χ2n) is 11.0. The molecule has 0 N–H and O–H groups in total. The minimum Gasteiger partial charge on any atom is -0.0925 e. The van der Waals surface area contributed by atoms with E-state index in [1.54, 1.807) is 13.8 Å². The molecule has 0 atom stereocenters. The van der Waals surface area contributed by atoms with Gasteiger partial charge in [-0.2, -0.15) is 0 Å². The second-order valence-corrected chi connectivity index (χ2v) is 11.0. The maximum absolute atomic E-state index is 2.63. The van der Waals surface area contributed by atoms with E-state index >= 15 is 0 Å². The first-order valence-corrected chi connectivity index (χ1v) is 22.2. The Kier molecular flexibility index (Phi) is 53.4. The summed E-state index contributed by atoms with van der Waals surface area (Å²) in [7, 11) is 0. The van der Waals surface area contributed by atoms with Crippen LogP contribution >= 0.6 is 0 Å². The lowest BCUT2D eigenvalue weighted by Crippen LogP contribution is -1.57. The minimum atomic E-state index is 1.68. The van der Waals surface area contributed by atoms with E-state index in [9.17, 15) is 0 Å². The molecule has 0 aromatic heterocycles. The van der Waals surface area contributed by atoms with E-state index in [1.807, 2.05) is 0 Å². The first-order chi connectivity index (χ1) is 43.9. The molecule has 0 bridgehead atoms. The van der Waals surface area contributed by atoms with E-state index in [0.29, 0.717) is 0 Å². The third kappa shape index (κ3) is 67.1. The van der Waals surface area contributed by atoms with E-state index in [0.717, 1.165) is 0 Å². The van der Waals surface area contributed by atoms with Crippen LogP contribution < -0.4 is 0 Å². The van der Waals surface area contributed by atoms with E-state index in [4.69, 9.17) is 0 Å². The smallest absolute Gasteiger partial charge is 0 e. The molecule has 0 spiro atoms. The van der Waals surface area contributed by atoms with Gasteiger partial charge in [-0.25, -0.2) is 0 Å². The van der Waals surface area contributed by atoms with Gasteiger partial charge in [0, 0.05) is 403 Å². The van der Waals surface area contributed by atoms with Crippen molar-refractivity contribution in [3.63, 3.8) is 0 Å². The maximum Gasteiger partial charge on any atom is 0 e. The van der Waals surface area contributed by atoms with Crippen LogP contribution in [0.15, 0.2) is 0 Å². The summed E-state index contributed by atoms with van der Waals surface area (Å²) in [6.45, 7) is 3.37. The SMILES string of the molecule is CC#CC#CC#CC#CC#CC#CC#CC#CC#CC#CC#CC#CC#CC#CC#CC#CC#CC#CC#CC#CC#CC#CC#CC#CC#CC#CC#CC#CC#CC#CC#CC#CC#CC#CC#CC#CC#CC#CC#CC#CC#CC#CC#CC. The second kappa shape index (κ2) is 68.1. The molecule has 0 aliphatic rings. The lowest BCUT2D eigenvalue weighted by atomic mass is 10.4. The molecule has 0 aromatic carbocycles. The third-order valence-corrected chi connectivity index (χ3v) is 5.44. The molecule has 0 fully saturated rings. The van der Waals surface area contributed by atoms with Crippen LogP contribution in [0.1, 0.15) is 13.8 Å². The van der Waals surface area contributed by atoms with Crippen LogP contribution in [0.2, 0.25) is 0 Å². The van der Waals surface area contributed by atoms with Crippen molar-refractivity contribution < 1.29 is 0 Å². The number of hydrogen-bond donors (Lipinski definition) is 0. The van der Waals surface area contributed by atoms with Crippen molar-refractivity contribution in [3.8, 4) is 509 Å². The monoisotopic (exact) mass is 1060 g/mol. The summed E-state index contributed by atoms with van der Waals surface area (Å²) >= 11 is 0. The first kappa shape index (κ1) is 69.1. The highest BCUT2D eigenvalue weighted by Gasteiger charge is 1.66. The molecule has 88 heavy (non-hydrogen) atoms. The first-order valence-electron chi connectivity index (χ1n) is 22.2. The molecule has 0 heteroatoms. The zero-order chi connectivity index (χ0) is 62.8. The van der Waals surface area contributed by atoms with Crippen molar-refractivity contribution >= 4 is 0 Å². The largest absolute Gasteiger partial charge is 0.0925 e. The Balaban J connectivity index is 4.62. The van der Waals surface area contributed by atoms with E-state index in [1.165, 1.54) is 0 Å². The highest BCUT2D eigenvalue weighted by molar-refractivity contribution is 5.54. The lowest BCUT2D eigenvalue weighted by Gasteiger charge is -1.58. The molecule has 0 amide bonds. The Morgan fingerprint density at radius 2 is 0.0909 bits per heavy atom. The summed E-state index contributed by atoms with van der Waals surface area (Å²) < 4.78 is 0. The zero-order valence-electron chi connectivity index (χ0n) is 45.0. The number of hydrogen-bond acceptors (Lipinski definition) is 0. The standard InChI is InChI=1S/C88H6/c1-3-5-7-9-11-13-15-17-19-21-23-25-27-29-31-33-35-37-39-41-43-45-47-49-51-53-55-57-59-61-63-65-67-69-71-73-75-77-79-81-83-85-87-88-86-84-82-80-78-76-74-72-70-68-66-64-62-60-58-56-54-52-50-48-46-44-42-40-38-36-34-32-30-28-26-24-22-20-18-16-14-12-10-8-6-4-2/h1-2H3. The van der Waals surface area contributed by atoms with Crippen LogP contribution in [-0.2, 0) is 0 Å². The van der Waals surface area contributed by atoms with Gasteiger partial charge in [0.2, 0.25) is 0 Å². The van der Waals surface area contributed by atoms with Crippen LogP contribution in [0.5, 0.6) is 0 Å². The van der Waals surface area contributed by atoms with Crippen molar-refractivity contribution in [2.75, 3.05) is 0 Å². The van der Waals surface area contributed by atoms with Gasteiger partial charge in [0.1, 0.15) is 0 Å². The van der Waals surface area contributed by atoms with E-state index in [2.05, 4.69) is 509 Å². The minimum absolute atomic E-state index is 1.68. The van der Waals surface area contributed by atoms with Gasteiger partial charge < -0.3 is 0 Å². The van der Waals surface area contributed by atoms with Gasteiger partial charge >= 0.3 is 0 Å². The van der Waals surface area contributed by atoms with Crippen molar-refractivity contribution in [3.05, 3.63) is 0 Å². The predicted molar refractivity (Wildman–Crippen MR) is 346 cm³/mol. The van der Waals surface area contributed by atoms with Crippen molar-refractivity contribution in [2.24, 2.45) is 0 Å². The summed E-state index contributed by atoms with van der Waals surface area (Å²) in [5, 5.41) is 0. The summed E-state index contributed by atoms with van der Waals surface area (Å²) in [6.07, 6.45) is 0. The van der Waals surface area contributed by atoms with Crippen molar-refractivity contribution in [2.45, 2.75) is 13.8 Å². The highest BCUT2D eigenvalue weighted by Crippen LogP contribution is 1.66. The molecule has 0 rings (SSSR count). The Hall–Kier alpha value is -18.9. The molecule has 0 aliphatic carbocycles. The highest BCUT2D eigenvalue weighted by atomic mass is 13.7. The quantitative estimate of drug-likeness (QED) is 0.321. The van der Waals surface area contributed by atoms with Crippen LogP contribution in [0.25, 0.3) is 0 Å². The summed E-state index contributed by atoms with van der Waals surface area (Å²) in [5.41, 5.74) is 0. The lowest BCUT2D eigenvalue weighted by molar-refractivity contribution is 1.92. The molecule has 0 heterocycles. The van der Waals surface area contributed by atoms with Crippen LogP contribution in [0.4, 0.5) is 0 Å². The van der Waals surface area contributed by atoms with E-state index in [-0.39, 0.29) is 0 Å². The fourth-order valence-electron chi connectivity index (χ4n) is 2.69. The van der Waals surface area contributed by atoms with Gasteiger partial charge in [0.25, 0.3) is 0 Å². The van der Waals surface area contributed by atoms with Gasteiger partial charge in [-0.15, -0.1) is 0 Å². The fraction of sp³-hybridized carbons (Fsp3) is 0.0227. The van der Waals surface area contributed by atoms with Gasteiger partial charge in [-0.3, -0.25) is 0 Å². The Morgan fingerprint density at radius 3 is 0.125 bits per heavy atom. The van der Waals surface area contributed by atoms with Gasteiger partial charge in [-0.1, -0.05) is 11.8 Å². The topological polar surface area (TPSA) is 0 Å². The van der Waals surface area contributed by atoms with E-state index < -0.39 is 0 Å². The molecule has 0 unspecified atom stereocenters. The summed E-state index contributed by atoms with van der Waals surface area (Å²) in [5.74, 6) is 216. The van der Waals surface area contributed by atoms with Crippen molar-refractivity contribution in [1.82, 2.24) is 0 Å². The summed E-state index contributed by atoms with van der Waals surface area (Å²) in [4.78, 5) is 0. The molecular formula is C88H6. The Bertz CT molecular complexity index is 5660. The van der Waals surface area contributed by atoms with Crippen LogP contribution in [0.3, 0.4) is 0 Å². The molecular weight excluding hydrogens is 1060 g/mol. The average Bonchev–Trinajstić information content (AvgIpc) is 3.54. The Labute approximate surface area is 519 Å². The molecule has 0 aliphatic heterocycles. The van der Waals surface area contributed by atoms with Gasteiger partial charge in [0.05, 0.1) is 0 Å². The zero-order valence-corrected chi connectivity index (χ0v) is 45.0. The Morgan fingerprint density at radius 1 is 0.0568 bits per heavy atom. The normalized spacial score (nSPS) is 3.98.